The lowest BCUT2D eigenvalue weighted by Gasteiger charge is -2.06. The van der Waals surface area contributed by atoms with Crippen molar-refractivity contribution < 1.29 is 0 Å². The minimum atomic E-state index is 0.379. The number of nitriles is 1. The van der Waals surface area contributed by atoms with Gasteiger partial charge in [0.25, 0.3) is 0 Å². The smallest absolute Gasteiger partial charge is 0.0954 e. The number of benzene rings is 1. The normalized spacial score (nSPS) is 10.7. The van der Waals surface area contributed by atoms with Crippen LogP contribution in [0.25, 0.3) is 16.8 Å². The molecule has 0 saturated heterocycles. The van der Waals surface area contributed by atoms with Crippen LogP contribution >= 0.6 is 15.9 Å². The van der Waals surface area contributed by atoms with Crippen molar-refractivity contribution in [2.24, 2.45) is 0 Å². The average Bonchev–Trinajstić information content (AvgIpc) is 2.77. The molecule has 0 atom stereocenters. The van der Waals surface area contributed by atoms with Gasteiger partial charge in [0.1, 0.15) is 0 Å². The molecule has 0 bridgehead atoms. The minimum Gasteiger partial charge on any atom is -0.315 e. The van der Waals surface area contributed by atoms with Crippen LogP contribution < -0.4 is 0 Å². The van der Waals surface area contributed by atoms with Gasteiger partial charge in [-0.15, -0.1) is 0 Å². The van der Waals surface area contributed by atoms with Crippen LogP contribution in [0.3, 0.4) is 0 Å². The van der Waals surface area contributed by atoms with Gasteiger partial charge in [0.2, 0.25) is 0 Å². The van der Waals surface area contributed by atoms with Crippen molar-refractivity contribution in [2.45, 2.75) is 13.3 Å². The highest BCUT2D eigenvalue weighted by Crippen LogP contribution is 2.31. The summed E-state index contributed by atoms with van der Waals surface area (Å²) < 4.78 is 2.99. The highest BCUT2D eigenvalue weighted by atomic mass is 79.9. The first kappa shape index (κ1) is 12.9. The lowest BCUT2D eigenvalue weighted by molar-refractivity contribution is 1.04. The fraction of sp³-hybridized carbons (Fsp3) is 0.125. The van der Waals surface area contributed by atoms with Gasteiger partial charge in [-0.1, -0.05) is 29.8 Å². The van der Waals surface area contributed by atoms with Crippen LogP contribution in [0.1, 0.15) is 11.3 Å². The zero-order chi connectivity index (χ0) is 14.1. The number of nitrogens with zero attached hydrogens (tertiary/aromatic N) is 3. The van der Waals surface area contributed by atoms with E-state index < -0.39 is 0 Å². The maximum atomic E-state index is 8.91. The first-order valence-electron chi connectivity index (χ1n) is 6.29. The lowest BCUT2D eigenvalue weighted by atomic mass is 10.1. The van der Waals surface area contributed by atoms with Crippen LogP contribution in [0.4, 0.5) is 0 Å². The molecule has 0 amide bonds. The van der Waals surface area contributed by atoms with Gasteiger partial charge in [0, 0.05) is 28.1 Å². The van der Waals surface area contributed by atoms with Crippen LogP contribution in [0, 0.1) is 18.3 Å². The Morgan fingerprint density at radius 2 is 2.05 bits per heavy atom. The molecule has 2 aromatic heterocycles. The van der Waals surface area contributed by atoms with E-state index in [9.17, 15) is 0 Å². The van der Waals surface area contributed by atoms with E-state index in [2.05, 4.69) is 58.2 Å². The van der Waals surface area contributed by atoms with Crippen LogP contribution in [0.2, 0.25) is 0 Å². The molecule has 20 heavy (non-hydrogen) atoms. The van der Waals surface area contributed by atoms with Crippen molar-refractivity contribution >= 4 is 21.4 Å². The molecule has 0 fully saturated rings. The number of aromatic nitrogens is 2. The molecule has 2 heterocycles. The van der Waals surface area contributed by atoms with Crippen LogP contribution in [0.5, 0.6) is 0 Å². The van der Waals surface area contributed by atoms with E-state index >= 15 is 0 Å². The third-order valence-electron chi connectivity index (χ3n) is 3.30. The molecule has 98 valence electrons. The number of hydrogen-bond acceptors (Lipinski definition) is 2. The monoisotopic (exact) mass is 325 g/mol. The van der Waals surface area contributed by atoms with E-state index in [1.165, 1.54) is 5.56 Å². The van der Waals surface area contributed by atoms with Crippen molar-refractivity contribution in [3.05, 3.63) is 58.5 Å². The largest absolute Gasteiger partial charge is 0.315 e. The summed E-state index contributed by atoms with van der Waals surface area (Å²) >= 11 is 3.58. The molecule has 3 nitrogen and oxygen atoms in total. The Morgan fingerprint density at radius 3 is 2.75 bits per heavy atom. The van der Waals surface area contributed by atoms with Gasteiger partial charge in [0.15, 0.2) is 0 Å². The fourth-order valence-corrected chi connectivity index (χ4v) is 2.96. The van der Waals surface area contributed by atoms with Crippen LogP contribution in [0.15, 0.2) is 47.2 Å². The van der Waals surface area contributed by atoms with Gasteiger partial charge in [0.05, 0.1) is 23.7 Å². The zero-order valence-corrected chi connectivity index (χ0v) is 12.6. The molecule has 4 heteroatoms. The molecular weight excluding hydrogens is 314 g/mol. The SMILES string of the molecule is Cc1ccc(-c2nccn3c(CC#N)cc(Br)c23)cc1. The third kappa shape index (κ3) is 2.10. The highest BCUT2D eigenvalue weighted by molar-refractivity contribution is 9.10. The van der Waals surface area contributed by atoms with Crippen molar-refractivity contribution in [3.63, 3.8) is 0 Å². The summed E-state index contributed by atoms with van der Waals surface area (Å²) in [6, 6.07) is 12.5. The van der Waals surface area contributed by atoms with Crippen molar-refractivity contribution in [2.75, 3.05) is 0 Å². The van der Waals surface area contributed by atoms with Gasteiger partial charge < -0.3 is 4.40 Å². The highest BCUT2D eigenvalue weighted by Gasteiger charge is 2.13. The summed E-state index contributed by atoms with van der Waals surface area (Å²) in [4.78, 5) is 4.51. The molecule has 3 aromatic rings. The summed E-state index contributed by atoms with van der Waals surface area (Å²) in [5.41, 5.74) is 5.18. The molecule has 1 aromatic carbocycles. The molecule has 0 aliphatic heterocycles. The van der Waals surface area contributed by atoms with Gasteiger partial charge in [-0.2, -0.15) is 5.26 Å². The predicted octanol–water partition coefficient (Wildman–Crippen LogP) is 4.14. The first-order valence-corrected chi connectivity index (χ1v) is 7.08. The fourth-order valence-electron chi connectivity index (χ4n) is 2.32. The van der Waals surface area contributed by atoms with Gasteiger partial charge >= 0.3 is 0 Å². The molecule has 0 N–H and O–H groups in total. The second-order valence-electron chi connectivity index (χ2n) is 4.68. The molecule has 3 rings (SSSR count). The number of hydrogen-bond donors (Lipinski definition) is 0. The topological polar surface area (TPSA) is 41.1 Å². The van der Waals surface area contributed by atoms with Gasteiger partial charge in [-0.05, 0) is 28.9 Å². The predicted molar refractivity (Wildman–Crippen MR) is 82.4 cm³/mol. The van der Waals surface area contributed by atoms with E-state index in [1.54, 1.807) is 6.20 Å². The Morgan fingerprint density at radius 1 is 1.30 bits per heavy atom. The third-order valence-corrected chi connectivity index (χ3v) is 3.90. The second kappa shape index (κ2) is 5.10. The molecule has 0 aliphatic carbocycles. The summed E-state index contributed by atoms with van der Waals surface area (Å²) in [5.74, 6) is 0. The van der Waals surface area contributed by atoms with Gasteiger partial charge in [-0.3, -0.25) is 4.98 Å². The second-order valence-corrected chi connectivity index (χ2v) is 5.53. The maximum absolute atomic E-state index is 8.91. The molecule has 0 aliphatic rings. The van der Waals surface area contributed by atoms with Gasteiger partial charge in [-0.25, -0.2) is 0 Å². The van der Waals surface area contributed by atoms with Crippen LogP contribution in [-0.2, 0) is 6.42 Å². The Kier molecular flexibility index (Phi) is 3.29. The summed E-state index contributed by atoms with van der Waals surface area (Å²) in [6.07, 6.45) is 4.05. The van der Waals surface area contributed by atoms with Crippen molar-refractivity contribution in [1.82, 2.24) is 9.38 Å². The molecular formula is C16H12BrN3. The van der Waals surface area contributed by atoms with Crippen molar-refractivity contribution in [1.29, 1.82) is 5.26 Å². The Bertz CT molecular complexity index is 810. The number of aryl methyl sites for hydroxylation is 1. The van der Waals surface area contributed by atoms with E-state index in [1.807, 2.05) is 16.7 Å². The molecule has 0 spiro atoms. The van der Waals surface area contributed by atoms with E-state index in [-0.39, 0.29) is 0 Å². The number of fused-ring (bicyclic) bond motifs is 1. The standard InChI is InChI=1S/C16H12BrN3/c1-11-2-4-12(5-3-11)15-16-14(17)10-13(6-7-18)20(16)9-8-19-15/h2-5,8-10H,6H2,1H3. The first-order chi connectivity index (χ1) is 9.70. The Hall–Kier alpha value is -2.12. The summed E-state index contributed by atoms with van der Waals surface area (Å²) in [6.45, 7) is 2.07. The quantitative estimate of drug-likeness (QED) is 0.710. The number of rotatable bonds is 2. The zero-order valence-electron chi connectivity index (χ0n) is 11.0. The molecule has 0 saturated carbocycles. The summed E-state index contributed by atoms with van der Waals surface area (Å²) in [5, 5.41) is 8.91. The Labute approximate surface area is 125 Å². The molecule has 0 radical (unpaired) electrons. The van der Waals surface area contributed by atoms with Crippen LogP contribution in [-0.4, -0.2) is 9.38 Å². The van der Waals surface area contributed by atoms with E-state index in [0.717, 1.165) is 26.9 Å². The Balaban J connectivity index is 2.27. The lowest BCUT2D eigenvalue weighted by Crippen LogP contribution is -1.95. The van der Waals surface area contributed by atoms with E-state index in [0.29, 0.717) is 6.42 Å². The number of halogens is 1. The van der Waals surface area contributed by atoms with Crippen molar-refractivity contribution in [3.8, 4) is 17.3 Å². The maximum Gasteiger partial charge on any atom is 0.0954 e. The summed E-state index contributed by atoms with van der Waals surface area (Å²) in [7, 11) is 0. The minimum absolute atomic E-state index is 0.379. The van der Waals surface area contributed by atoms with E-state index in [4.69, 9.17) is 5.26 Å². The average molecular weight is 326 g/mol. The molecule has 0 unspecified atom stereocenters.